The van der Waals surface area contributed by atoms with Gasteiger partial charge in [0.15, 0.2) is 0 Å². The number of hydrogen-bond acceptors (Lipinski definition) is 3. The summed E-state index contributed by atoms with van der Waals surface area (Å²) in [5, 5.41) is 3.35. The summed E-state index contributed by atoms with van der Waals surface area (Å²) in [6.07, 6.45) is 1.66. The number of aromatic nitrogens is 3. The molecule has 0 aliphatic carbocycles. The van der Waals surface area contributed by atoms with Crippen LogP contribution in [0, 0.1) is 0 Å². The van der Waals surface area contributed by atoms with Crippen LogP contribution in [0.1, 0.15) is 10.4 Å². The minimum Gasteiger partial charge on any atom is -0.285 e. The zero-order valence-electron chi connectivity index (χ0n) is 8.65. The highest BCUT2D eigenvalue weighted by Crippen LogP contribution is 2.29. The van der Waals surface area contributed by atoms with Crippen molar-refractivity contribution < 1.29 is 13.6 Å². The third-order valence-corrected chi connectivity index (χ3v) is 2.70. The summed E-state index contributed by atoms with van der Waals surface area (Å²) < 4.78 is 27.7. The van der Waals surface area contributed by atoms with Gasteiger partial charge >= 0.3 is 6.05 Å². The molecular weight excluding hydrogens is 287 g/mol. The van der Waals surface area contributed by atoms with Crippen LogP contribution in [-0.2, 0) is 6.05 Å². The minimum absolute atomic E-state index is 0.146. The zero-order chi connectivity index (χ0) is 13.3. The first-order valence-electron chi connectivity index (χ1n) is 4.65. The lowest BCUT2D eigenvalue weighted by Gasteiger charge is -2.15. The average Bonchev–Trinajstić information content (AvgIpc) is 2.82. The van der Waals surface area contributed by atoms with Gasteiger partial charge in [-0.25, -0.2) is 4.98 Å². The van der Waals surface area contributed by atoms with Crippen molar-refractivity contribution in [3.8, 4) is 0 Å². The predicted octanol–water partition coefficient (Wildman–Crippen LogP) is 3.02. The molecule has 0 atom stereocenters. The fourth-order valence-corrected chi connectivity index (χ4v) is 1.79. The monoisotopic (exact) mass is 291 g/mol. The van der Waals surface area contributed by atoms with Gasteiger partial charge in [0.05, 0.1) is 5.02 Å². The van der Waals surface area contributed by atoms with E-state index in [1.54, 1.807) is 0 Å². The van der Waals surface area contributed by atoms with Crippen molar-refractivity contribution in [2.24, 2.45) is 0 Å². The Labute approximate surface area is 110 Å². The number of halogens is 4. The fraction of sp³-hybridized carbons (Fsp3) is 0.100. The molecule has 8 heteroatoms. The quantitative estimate of drug-likeness (QED) is 0.817. The summed E-state index contributed by atoms with van der Waals surface area (Å²) in [7, 11) is 0. The molecular formula is C10H5Cl2F2N3O. The number of Topliss-reactive ketones (excluding diaryl/α,β-unsaturated/α-hetero) is 1. The van der Waals surface area contributed by atoms with Crippen LogP contribution in [0.2, 0.25) is 10.0 Å². The topological polar surface area (TPSA) is 47.8 Å². The summed E-state index contributed by atoms with van der Waals surface area (Å²) >= 11 is 11.3. The van der Waals surface area contributed by atoms with Crippen molar-refractivity contribution in [1.29, 1.82) is 0 Å². The number of carbonyl (C=O) groups excluding carboxylic acids is 1. The second kappa shape index (κ2) is 4.62. The Kier molecular flexibility index (Phi) is 3.32. The number of benzene rings is 1. The molecule has 2 aromatic rings. The van der Waals surface area contributed by atoms with E-state index in [1.165, 1.54) is 12.1 Å². The van der Waals surface area contributed by atoms with Crippen molar-refractivity contribution in [2.75, 3.05) is 0 Å². The van der Waals surface area contributed by atoms with Gasteiger partial charge in [-0.3, -0.25) is 4.79 Å². The van der Waals surface area contributed by atoms with Crippen LogP contribution in [-0.4, -0.2) is 20.5 Å². The van der Waals surface area contributed by atoms with E-state index in [2.05, 4.69) is 10.1 Å². The minimum atomic E-state index is -3.85. The predicted molar refractivity (Wildman–Crippen MR) is 61.0 cm³/mol. The van der Waals surface area contributed by atoms with Crippen LogP contribution in [0.25, 0.3) is 0 Å². The summed E-state index contributed by atoms with van der Waals surface area (Å²) in [4.78, 5) is 15.1. The van der Waals surface area contributed by atoms with E-state index in [-0.39, 0.29) is 20.3 Å². The van der Waals surface area contributed by atoms with Gasteiger partial charge in [0.2, 0.25) is 0 Å². The van der Waals surface area contributed by atoms with E-state index in [9.17, 15) is 13.6 Å². The molecule has 1 aromatic heterocycles. The summed E-state index contributed by atoms with van der Waals surface area (Å²) in [5.41, 5.74) is -0.332. The van der Waals surface area contributed by atoms with Crippen LogP contribution in [0.3, 0.4) is 0 Å². The summed E-state index contributed by atoms with van der Waals surface area (Å²) in [5.74, 6) is -1.48. The Morgan fingerprint density at radius 1 is 1.33 bits per heavy atom. The molecule has 0 unspecified atom stereocenters. The second-order valence-electron chi connectivity index (χ2n) is 3.33. The maximum absolute atomic E-state index is 13.8. The Morgan fingerprint density at radius 2 is 2.06 bits per heavy atom. The molecule has 18 heavy (non-hydrogen) atoms. The van der Waals surface area contributed by atoms with Gasteiger partial charge in [0.25, 0.3) is 5.78 Å². The Bertz CT molecular complexity index is 587. The van der Waals surface area contributed by atoms with Crippen molar-refractivity contribution in [3.63, 3.8) is 0 Å². The fourth-order valence-electron chi connectivity index (χ4n) is 1.29. The molecule has 0 radical (unpaired) electrons. The Balaban J connectivity index is 2.42. The lowest BCUT2D eigenvalue weighted by molar-refractivity contribution is -0.0562. The van der Waals surface area contributed by atoms with E-state index >= 15 is 0 Å². The molecule has 0 saturated heterocycles. The molecule has 0 spiro atoms. The van der Waals surface area contributed by atoms with Crippen molar-refractivity contribution in [1.82, 2.24) is 14.8 Å². The first-order chi connectivity index (χ1) is 8.43. The maximum atomic E-state index is 13.8. The van der Waals surface area contributed by atoms with Crippen molar-refractivity contribution >= 4 is 29.0 Å². The van der Waals surface area contributed by atoms with Crippen LogP contribution in [0.4, 0.5) is 8.78 Å². The van der Waals surface area contributed by atoms with Crippen LogP contribution in [0.5, 0.6) is 0 Å². The summed E-state index contributed by atoms with van der Waals surface area (Å²) in [6, 6.07) is -0.197. The molecule has 0 bridgehead atoms. The van der Waals surface area contributed by atoms with Gasteiger partial charge in [-0.1, -0.05) is 23.2 Å². The molecule has 1 heterocycles. The van der Waals surface area contributed by atoms with Gasteiger partial charge in [-0.05, 0) is 18.2 Å². The second-order valence-corrected chi connectivity index (χ2v) is 4.18. The van der Waals surface area contributed by atoms with Crippen LogP contribution >= 0.6 is 23.2 Å². The molecule has 0 saturated carbocycles. The molecule has 2 rings (SSSR count). The molecule has 94 valence electrons. The molecule has 1 aromatic carbocycles. The highest BCUT2D eigenvalue weighted by Gasteiger charge is 2.43. The maximum Gasteiger partial charge on any atom is 0.409 e. The molecule has 0 fully saturated rings. The Morgan fingerprint density at radius 3 is 2.61 bits per heavy atom. The summed E-state index contributed by atoms with van der Waals surface area (Å²) in [6.45, 7) is 0. The molecule has 4 nitrogen and oxygen atoms in total. The van der Waals surface area contributed by atoms with E-state index in [4.69, 9.17) is 23.2 Å². The van der Waals surface area contributed by atoms with Crippen molar-refractivity contribution in [2.45, 2.75) is 6.05 Å². The normalized spacial score (nSPS) is 11.6. The van der Waals surface area contributed by atoms with Gasteiger partial charge in [-0.2, -0.15) is 18.6 Å². The van der Waals surface area contributed by atoms with Gasteiger partial charge in [0.1, 0.15) is 12.7 Å². The van der Waals surface area contributed by atoms with Gasteiger partial charge in [0, 0.05) is 10.6 Å². The third-order valence-electron chi connectivity index (χ3n) is 2.16. The zero-order valence-corrected chi connectivity index (χ0v) is 10.2. The standard InChI is InChI=1S/C10H5Cl2F2N3O/c11-6-1-2-7(8(12)3-6)9(18)10(13,14)17-5-15-4-16-17/h1-5H. The first-order valence-corrected chi connectivity index (χ1v) is 5.41. The lowest BCUT2D eigenvalue weighted by atomic mass is 10.1. The van der Waals surface area contributed by atoms with Crippen LogP contribution in [0.15, 0.2) is 30.9 Å². The largest absolute Gasteiger partial charge is 0.409 e. The smallest absolute Gasteiger partial charge is 0.285 e. The van der Waals surface area contributed by atoms with Gasteiger partial charge in [-0.15, -0.1) is 0 Å². The van der Waals surface area contributed by atoms with E-state index in [0.29, 0.717) is 0 Å². The number of carbonyl (C=O) groups is 1. The number of nitrogens with zero attached hydrogens (tertiary/aromatic N) is 3. The number of hydrogen-bond donors (Lipinski definition) is 0. The Hall–Kier alpha value is -1.53. The average molecular weight is 292 g/mol. The molecule has 0 aliphatic rings. The molecule has 0 N–H and O–H groups in total. The van der Waals surface area contributed by atoms with Crippen molar-refractivity contribution in [3.05, 3.63) is 46.5 Å². The first kappa shape index (κ1) is 12.9. The number of rotatable bonds is 3. The molecule has 0 aliphatic heterocycles. The van der Waals surface area contributed by atoms with Gasteiger partial charge < -0.3 is 0 Å². The molecule has 0 amide bonds. The number of ketones is 1. The third kappa shape index (κ3) is 2.21. The lowest BCUT2D eigenvalue weighted by Crippen LogP contribution is -2.33. The highest BCUT2D eigenvalue weighted by atomic mass is 35.5. The van der Waals surface area contributed by atoms with E-state index in [1.807, 2.05) is 0 Å². The highest BCUT2D eigenvalue weighted by molar-refractivity contribution is 6.37. The number of alkyl halides is 2. The van der Waals surface area contributed by atoms with Crippen LogP contribution < -0.4 is 0 Å². The van der Waals surface area contributed by atoms with E-state index < -0.39 is 11.8 Å². The van der Waals surface area contributed by atoms with E-state index in [0.717, 1.165) is 18.7 Å². The SMILES string of the molecule is O=C(c1ccc(Cl)cc1Cl)C(F)(F)n1cncn1.